The van der Waals surface area contributed by atoms with E-state index in [9.17, 15) is 9.59 Å². The largest absolute Gasteiger partial charge is 0.322 e. The minimum Gasteiger partial charge on any atom is -0.322 e. The number of pyridine rings is 1. The van der Waals surface area contributed by atoms with Crippen molar-refractivity contribution < 1.29 is 9.59 Å². The first-order valence-corrected chi connectivity index (χ1v) is 9.60. The van der Waals surface area contributed by atoms with Gasteiger partial charge >= 0.3 is 0 Å². The molecule has 2 N–H and O–H groups in total. The van der Waals surface area contributed by atoms with Gasteiger partial charge in [0.25, 0.3) is 11.8 Å². The first-order valence-electron chi connectivity index (χ1n) is 9.60. The Morgan fingerprint density at radius 3 is 2.34 bits per heavy atom. The summed E-state index contributed by atoms with van der Waals surface area (Å²) in [7, 11) is 0. The maximum Gasteiger partial charge on any atom is 0.274 e. The molecule has 0 unspecified atom stereocenters. The highest BCUT2D eigenvalue weighted by molar-refractivity contribution is 6.08. The molecule has 0 aliphatic rings. The van der Waals surface area contributed by atoms with Gasteiger partial charge in [-0.1, -0.05) is 38.1 Å². The van der Waals surface area contributed by atoms with E-state index in [0.29, 0.717) is 11.3 Å². The number of nitrogens with zero attached hydrogens (tertiary/aromatic N) is 1. The molecule has 2 aromatic carbocycles. The van der Waals surface area contributed by atoms with Crippen molar-refractivity contribution in [1.29, 1.82) is 0 Å². The Labute approximate surface area is 171 Å². The van der Waals surface area contributed by atoms with Crippen LogP contribution < -0.4 is 10.6 Å². The SMILES string of the molecule is Cc1ccc(NC(=O)c2cc(C(=O)Nc3ccccc3C(C)C)ccn2)cc1C. The molecule has 0 aliphatic heterocycles. The van der Waals surface area contributed by atoms with Crippen LogP contribution in [0, 0.1) is 13.8 Å². The van der Waals surface area contributed by atoms with Crippen LogP contribution in [0.2, 0.25) is 0 Å². The highest BCUT2D eigenvalue weighted by atomic mass is 16.2. The Kier molecular flexibility index (Phi) is 6.07. The fraction of sp³-hybridized carbons (Fsp3) is 0.208. The number of carbonyl (C=O) groups excluding carboxylic acids is 2. The third-order valence-electron chi connectivity index (χ3n) is 4.85. The monoisotopic (exact) mass is 387 g/mol. The number of aromatic nitrogens is 1. The normalized spacial score (nSPS) is 10.7. The van der Waals surface area contributed by atoms with Crippen LogP contribution in [0.4, 0.5) is 11.4 Å². The van der Waals surface area contributed by atoms with Crippen molar-refractivity contribution in [3.63, 3.8) is 0 Å². The molecule has 148 valence electrons. The van der Waals surface area contributed by atoms with Crippen molar-refractivity contribution in [3.05, 3.63) is 88.7 Å². The minimum atomic E-state index is -0.356. The second-order valence-corrected chi connectivity index (χ2v) is 7.38. The molecule has 1 aromatic heterocycles. The van der Waals surface area contributed by atoms with E-state index in [1.165, 1.54) is 12.3 Å². The topological polar surface area (TPSA) is 71.1 Å². The summed E-state index contributed by atoms with van der Waals surface area (Å²) in [5.41, 5.74) is 5.33. The molecule has 3 rings (SSSR count). The summed E-state index contributed by atoms with van der Waals surface area (Å²) in [6, 6.07) is 16.5. The number of anilines is 2. The van der Waals surface area contributed by atoms with Crippen molar-refractivity contribution >= 4 is 23.2 Å². The van der Waals surface area contributed by atoms with Crippen molar-refractivity contribution in [3.8, 4) is 0 Å². The number of hydrogen-bond acceptors (Lipinski definition) is 3. The van der Waals surface area contributed by atoms with Crippen LogP contribution in [-0.4, -0.2) is 16.8 Å². The van der Waals surface area contributed by atoms with Gasteiger partial charge in [0, 0.05) is 23.1 Å². The molecular weight excluding hydrogens is 362 g/mol. The van der Waals surface area contributed by atoms with Crippen LogP contribution in [0.5, 0.6) is 0 Å². The molecule has 0 saturated heterocycles. The number of amides is 2. The van der Waals surface area contributed by atoms with E-state index >= 15 is 0 Å². The number of rotatable bonds is 5. The number of carbonyl (C=O) groups is 2. The smallest absolute Gasteiger partial charge is 0.274 e. The molecule has 0 bridgehead atoms. The summed E-state index contributed by atoms with van der Waals surface area (Å²) >= 11 is 0. The fourth-order valence-electron chi connectivity index (χ4n) is 3.02. The zero-order chi connectivity index (χ0) is 21.0. The molecule has 5 nitrogen and oxygen atoms in total. The van der Waals surface area contributed by atoms with E-state index in [2.05, 4.69) is 29.5 Å². The summed E-state index contributed by atoms with van der Waals surface area (Å²) in [5.74, 6) is -0.352. The van der Waals surface area contributed by atoms with Crippen molar-refractivity contribution in [2.45, 2.75) is 33.6 Å². The summed E-state index contributed by atoms with van der Waals surface area (Å²) in [6.07, 6.45) is 1.47. The van der Waals surface area contributed by atoms with Crippen LogP contribution in [0.3, 0.4) is 0 Å². The third kappa shape index (κ3) is 4.88. The fourth-order valence-corrected chi connectivity index (χ4v) is 3.02. The van der Waals surface area contributed by atoms with E-state index in [-0.39, 0.29) is 23.4 Å². The van der Waals surface area contributed by atoms with Crippen LogP contribution in [0.25, 0.3) is 0 Å². The first kappa shape index (κ1) is 20.3. The lowest BCUT2D eigenvalue weighted by Crippen LogP contribution is -2.17. The van der Waals surface area contributed by atoms with Gasteiger partial charge in [-0.3, -0.25) is 14.6 Å². The van der Waals surface area contributed by atoms with Crippen LogP contribution >= 0.6 is 0 Å². The average molecular weight is 387 g/mol. The number of para-hydroxylation sites is 1. The van der Waals surface area contributed by atoms with E-state index < -0.39 is 0 Å². The van der Waals surface area contributed by atoms with Crippen molar-refractivity contribution in [2.24, 2.45) is 0 Å². The van der Waals surface area contributed by atoms with Gasteiger partial charge in [-0.15, -0.1) is 0 Å². The molecular formula is C24H25N3O2. The zero-order valence-electron chi connectivity index (χ0n) is 17.1. The molecule has 0 atom stereocenters. The molecule has 0 saturated carbocycles. The van der Waals surface area contributed by atoms with Gasteiger partial charge in [0.1, 0.15) is 5.69 Å². The summed E-state index contributed by atoms with van der Waals surface area (Å²) in [4.78, 5) is 29.4. The summed E-state index contributed by atoms with van der Waals surface area (Å²) < 4.78 is 0. The van der Waals surface area contributed by atoms with E-state index in [0.717, 1.165) is 22.4 Å². The Bertz CT molecular complexity index is 1060. The van der Waals surface area contributed by atoms with Gasteiger partial charge in [-0.05, 0) is 66.8 Å². The van der Waals surface area contributed by atoms with Crippen LogP contribution in [0.1, 0.15) is 57.3 Å². The van der Waals surface area contributed by atoms with Crippen molar-refractivity contribution in [2.75, 3.05) is 10.6 Å². The molecule has 29 heavy (non-hydrogen) atoms. The molecule has 3 aromatic rings. The molecule has 0 radical (unpaired) electrons. The number of nitrogens with one attached hydrogen (secondary N) is 2. The van der Waals surface area contributed by atoms with Gasteiger partial charge < -0.3 is 10.6 Å². The maximum atomic E-state index is 12.7. The molecule has 0 spiro atoms. The molecule has 0 fully saturated rings. The third-order valence-corrected chi connectivity index (χ3v) is 4.85. The van der Waals surface area contributed by atoms with Crippen LogP contribution in [-0.2, 0) is 0 Å². The van der Waals surface area contributed by atoms with Gasteiger partial charge in [-0.2, -0.15) is 0 Å². The highest BCUT2D eigenvalue weighted by Gasteiger charge is 2.14. The quantitative estimate of drug-likeness (QED) is 0.622. The second kappa shape index (κ2) is 8.69. The lowest BCUT2D eigenvalue weighted by atomic mass is 10.0. The maximum absolute atomic E-state index is 12.7. The molecule has 1 heterocycles. The molecule has 0 aliphatic carbocycles. The first-order chi connectivity index (χ1) is 13.8. The van der Waals surface area contributed by atoms with Gasteiger partial charge in [0.2, 0.25) is 0 Å². The number of benzene rings is 2. The standard InChI is InChI=1S/C24H25N3O2/c1-15(2)20-7-5-6-8-21(20)27-23(28)18-11-12-25-22(14-18)24(29)26-19-10-9-16(3)17(4)13-19/h5-15H,1-4H3,(H,26,29)(H,27,28). The van der Waals surface area contributed by atoms with E-state index in [4.69, 9.17) is 0 Å². The summed E-state index contributed by atoms with van der Waals surface area (Å²) in [6.45, 7) is 8.16. The minimum absolute atomic E-state index is 0.188. The Hall–Kier alpha value is -3.47. The van der Waals surface area contributed by atoms with Crippen molar-refractivity contribution in [1.82, 2.24) is 4.98 Å². The van der Waals surface area contributed by atoms with Gasteiger partial charge in [-0.25, -0.2) is 0 Å². The lowest BCUT2D eigenvalue weighted by Gasteiger charge is -2.14. The lowest BCUT2D eigenvalue weighted by molar-refractivity contribution is 0.102. The molecule has 5 heteroatoms. The Morgan fingerprint density at radius 1 is 0.862 bits per heavy atom. The van der Waals surface area contributed by atoms with Gasteiger partial charge in [0.05, 0.1) is 0 Å². The predicted octanol–water partition coefficient (Wildman–Crippen LogP) is 5.33. The van der Waals surface area contributed by atoms with E-state index in [1.807, 2.05) is 56.3 Å². The zero-order valence-corrected chi connectivity index (χ0v) is 17.1. The second-order valence-electron chi connectivity index (χ2n) is 7.38. The molecule has 2 amide bonds. The summed E-state index contributed by atoms with van der Waals surface area (Å²) in [5, 5.41) is 5.77. The average Bonchev–Trinajstić information content (AvgIpc) is 2.71. The van der Waals surface area contributed by atoms with Crippen LogP contribution in [0.15, 0.2) is 60.8 Å². The number of hydrogen-bond donors (Lipinski definition) is 2. The Morgan fingerprint density at radius 2 is 1.62 bits per heavy atom. The Balaban J connectivity index is 1.77. The number of aryl methyl sites for hydroxylation is 2. The predicted molar refractivity (Wildman–Crippen MR) is 117 cm³/mol. The highest BCUT2D eigenvalue weighted by Crippen LogP contribution is 2.24. The van der Waals surface area contributed by atoms with E-state index in [1.54, 1.807) is 6.07 Å². The van der Waals surface area contributed by atoms with Gasteiger partial charge in [0.15, 0.2) is 0 Å².